The molecule has 0 radical (unpaired) electrons. The van der Waals surface area contributed by atoms with Crippen LogP contribution in [0.3, 0.4) is 0 Å². The molecular formula is H18N16. The van der Waals surface area contributed by atoms with Gasteiger partial charge in [-0.3, -0.25) is 11.7 Å². The van der Waals surface area contributed by atoms with E-state index >= 15 is 0 Å². The molecule has 0 fully saturated rings. The van der Waals surface area contributed by atoms with Crippen LogP contribution in [0, 0.1) is 0 Å². The van der Waals surface area contributed by atoms with Gasteiger partial charge in [0.15, 0.2) is 0 Å². The van der Waals surface area contributed by atoms with Gasteiger partial charge in [-0.2, -0.15) is 77.5 Å². The lowest BCUT2D eigenvalue weighted by Crippen LogP contribution is -2.68. The van der Waals surface area contributed by atoms with E-state index < -0.39 is 0 Å². The van der Waals surface area contributed by atoms with Crippen molar-refractivity contribution in [2.45, 2.75) is 0 Å². The Labute approximate surface area is 90.3 Å². The highest BCUT2D eigenvalue weighted by Gasteiger charge is 1.81. The third-order valence-electron chi connectivity index (χ3n) is 0.832. The minimum atomic E-state index is 2.12. The summed E-state index contributed by atoms with van der Waals surface area (Å²) < 4.78 is 0. The zero-order valence-electron chi connectivity index (χ0n) is 8.15. The lowest BCUT2D eigenvalue weighted by molar-refractivity contribution is 0.209. The van der Waals surface area contributed by atoms with Gasteiger partial charge in [0.05, 0.1) is 0 Å². The topological polar surface area (TPSA) is 220 Å². The highest BCUT2D eigenvalue weighted by atomic mass is 16.0. The van der Waals surface area contributed by atoms with E-state index in [0.717, 1.165) is 0 Å². The van der Waals surface area contributed by atoms with Crippen molar-refractivity contribution < 1.29 is 0 Å². The van der Waals surface area contributed by atoms with Crippen LogP contribution in [0.25, 0.3) is 0 Å². The second-order valence-electron chi connectivity index (χ2n) is 1.79. The molecule has 0 unspecified atom stereocenters. The van der Waals surface area contributed by atoms with E-state index in [9.17, 15) is 0 Å². The number of hydrazine groups is 15. The SMILES string of the molecule is NNNNNNNNNNNNNNNN. The Bertz CT molecular complexity index is 92.6. The summed E-state index contributed by atoms with van der Waals surface area (Å²) in [6.07, 6.45) is 0. The van der Waals surface area contributed by atoms with Crippen molar-refractivity contribution in [2.75, 3.05) is 0 Å². The molecular weight excluding hydrogens is 224 g/mol. The zero-order valence-corrected chi connectivity index (χ0v) is 8.15. The summed E-state index contributed by atoms with van der Waals surface area (Å²) in [6, 6.07) is 0. The van der Waals surface area contributed by atoms with Crippen molar-refractivity contribution in [1.29, 1.82) is 0 Å². The molecule has 0 aromatic carbocycles. The fourth-order valence-corrected chi connectivity index (χ4v) is 0.385. The quantitative estimate of drug-likeness (QED) is 0.0817. The number of rotatable bonds is 13. The van der Waals surface area contributed by atoms with Crippen molar-refractivity contribution in [3.8, 4) is 0 Å². The normalized spacial score (nSPS) is 10.9. The molecule has 0 saturated heterocycles. The molecule has 0 aliphatic heterocycles. The number of nitrogens with two attached hydrogens (primary N) is 2. The molecule has 0 amide bonds. The average Bonchev–Trinajstić information content (AvgIpc) is 2.31. The molecule has 0 atom stereocenters. The number of hydrogen-bond acceptors (Lipinski definition) is 16. The van der Waals surface area contributed by atoms with E-state index in [-0.39, 0.29) is 0 Å². The molecule has 0 spiro atoms. The first-order chi connectivity index (χ1) is 7.91. The third kappa shape index (κ3) is 13.4. The van der Waals surface area contributed by atoms with Crippen molar-refractivity contribution in [1.82, 2.24) is 77.5 Å². The maximum atomic E-state index is 4.87. The van der Waals surface area contributed by atoms with Crippen LogP contribution in [0.1, 0.15) is 0 Å². The monoisotopic (exact) mass is 242 g/mol. The minimum absolute atomic E-state index is 2.12. The molecule has 0 aromatic rings. The largest absolute Gasteiger partial charge is 0.257 e. The highest BCUT2D eigenvalue weighted by Crippen LogP contribution is 1.26. The van der Waals surface area contributed by atoms with Crippen LogP contribution in [0.4, 0.5) is 0 Å². The van der Waals surface area contributed by atoms with Gasteiger partial charge in [-0.05, 0) is 0 Å². The van der Waals surface area contributed by atoms with Crippen molar-refractivity contribution in [2.24, 2.45) is 11.7 Å². The molecule has 0 rings (SSSR count). The van der Waals surface area contributed by atoms with Gasteiger partial charge < -0.3 is 0 Å². The van der Waals surface area contributed by atoms with Gasteiger partial charge in [-0.15, -0.1) is 0 Å². The summed E-state index contributed by atoms with van der Waals surface area (Å²) >= 11 is 0. The van der Waals surface area contributed by atoms with E-state index in [1.54, 1.807) is 0 Å². The predicted octanol–water partition coefficient (Wildman–Crippen LogP) is -8.12. The first-order valence-electron chi connectivity index (χ1n) is 3.83. The third-order valence-corrected chi connectivity index (χ3v) is 0.832. The summed E-state index contributed by atoms with van der Waals surface area (Å²) in [7, 11) is 0. The van der Waals surface area contributed by atoms with E-state index in [0.29, 0.717) is 0 Å². The van der Waals surface area contributed by atoms with Crippen molar-refractivity contribution in [3.05, 3.63) is 0 Å². The van der Waals surface area contributed by atoms with E-state index in [2.05, 4.69) is 77.5 Å². The second kappa shape index (κ2) is 14.4. The van der Waals surface area contributed by atoms with Crippen molar-refractivity contribution >= 4 is 0 Å². The molecule has 0 saturated carbocycles. The standard InChI is InChI=1S/H18N16/c1-3-5-7-9-11-13-15-16-14-12-10-8-6-4-2/h3-16H,1-2H2. The van der Waals surface area contributed by atoms with Crippen LogP contribution in [-0.2, 0) is 0 Å². The Hall–Kier alpha value is -0.640. The van der Waals surface area contributed by atoms with Gasteiger partial charge in [-0.25, -0.2) is 0 Å². The Morgan fingerprint density at radius 1 is 0.312 bits per heavy atom. The summed E-state index contributed by atoms with van der Waals surface area (Å²) in [6.45, 7) is 0. The minimum Gasteiger partial charge on any atom is -0.257 e. The fourth-order valence-electron chi connectivity index (χ4n) is 0.385. The molecule has 0 aliphatic carbocycles. The first kappa shape index (κ1) is 15.4. The van der Waals surface area contributed by atoms with Gasteiger partial charge >= 0.3 is 0 Å². The smallest absolute Gasteiger partial charge is 0.164 e. The summed E-state index contributed by atoms with van der Waals surface area (Å²) in [5.74, 6) is 9.74. The Morgan fingerprint density at radius 2 is 0.500 bits per heavy atom. The Kier molecular flexibility index (Phi) is 13.8. The Balaban J connectivity index is 2.83. The van der Waals surface area contributed by atoms with E-state index in [1.165, 1.54) is 0 Å². The van der Waals surface area contributed by atoms with Gasteiger partial charge in [-0.1, -0.05) is 0 Å². The molecule has 16 heteroatoms. The van der Waals surface area contributed by atoms with Crippen LogP contribution >= 0.6 is 0 Å². The van der Waals surface area contributed by atoms with E-state index in [1.807, 2.05) is 0 Å². The second-order valence-corrected chi connectivity index (χ2v) is 1.79. The molecule has 0 heterocycles. The maximum Gasteiger partial charge on any atom is -0.164 e. The summed E-state index contributed by atoms with van der Waals surface area (Å²) in [4.78, 5) is 0. The lowest BCUT2D eigenvalue weighted by Gasteiger charge is -2.13. The first-order valence-corrected chi connectivity index (χ1v) is 3.83. The van der Waals surface area contributed by atoms with Gasteiger partial charge in [0.1, 0.15) is 0 Å². The average molecular weight is 242 g/mol. The summed E-state index contributed by atoms with van der Waals surface area (Å²) in [5, 5.41) is 0. The van der Waals surface area contributed by atoms with Gasteiger partial charge in [0.25, 0.3) is 0 Å². The van der Waals surface area contributed by atoms with Crippen LogP contribution in [-0.4, -0.2) is 0 Å². The van der Waals surface area contributed by atoms with Gasteiger partial charge in [0.2, 0.25) is 0 Å². The molecule has 16 heavy (non-hydrogen) atoms. The molecule has 0 bridgehead atoms. The zero-order chi connectivity index (χ0) is 11.9. The molecule has 18 N–H and O–H groups in total. The Morgan fingerprint density at radius 3 is 0.688 bits per heavy atom. The fraction of sp³-hybridized carbons (Fsp3) is 0. The van der Waals surface area contributed by atoms with Crippen LogP contribution in [0.5, 0.6) is 0 Å². The van der Waals surface area contributed by atoms with E-state index in [4.69, 9.17) is 11.7 Å². The molecule has 98 valence electrons. The lowest BCUT2D eigenvalue weighted by atomic mass is 12.0. The molecule has 16 nitrogen and oxygen atoms in total. The molecule has 0 aromatic heterocycles. The van der Waals surface area contributed by atoms with Crippen molar-refractivity contribution in [3.63, 3.8) is 0 Å². The summed E-state index contributed by atoms with van der Waals surface area (Å²) in [5.41, 5.74) is 33.3. The number of hydrogen-bond donors (Lipinski definition) is 16. The molecule has 0 aliphatic rings. The predicted molar refractivity (Wildman–Crippen MR) is 52.3 cm³/mol. The van der Waals surface area contributed by atoms with Gasteiger partial charge in [0, 0.05) is 0 Å². The highest BCUT2D eigenvalue weighted by molar-refractivity contribution is 4.15. The number of nitrogens with one attached hydrogen (secondary N) is 14. The maximum absolute atomic E-state index is 4.87. The van der Waals surface area contributed by atoms with Crippen LogP contribution < -0.4 is 89.2 Å². The van der Waals surface area contributed by atoms with Crippen LogP contribution in [0.15, 0.2) is 0 Å². The van der Waals surface area contributed by atoms with Crippen LogP contribution in [0.2, 0.25) is 0 Å².